The molecule has 148 valence electrons. The van der Waals surface area contributed by atoms with Gasteiger partial charge in [-0.2, -0.15) is 11.3 Å². The summed E-state index contributed by atoms with van der Waals surface area (Å²) >= 11 is 1.45. The van der Waals surface area contributed by atoms with E-state index in [2.05, 4.69) is 10.6 Å². The summed E-state index contributed by atoms with van der Waals surface area (Å²) in [6, 6.07) is 8.80. The van der Waals surface area contributed by atoms with Crippen LogP contribution in [0.3, 0.4) is 0 Å². The first-order chi connectivity index (χ1) is 13.6. The lowest BCUT2D eigenvalue weighted by Crippen LogP contribution is -2.43. The molecular weight excluding hydrogens is 374 g/mol. The maximum absolute atomic E-state index is 13.0. The number of benzene rings is 1. The van der Waals surface area contributed by atoms with Crippen LogP contribution in [-0.4, -0.2) is 42.3 Å². The summed E-state index contributed by atoms with van der Waals surface area (Å²) in [5.74, 6) is -0.303. The number of nitrogens with zero attached hydrogens (tertiary/aromatic N) is 1. The third kappa shape index (κ3) is 4.78. The van der Waals surface area contributed by atoms with Crippen molar-refractivity contribution in [2.45, 2.75) is 26.2 Å². The van der Waals surface area contributed by atoms with E-state index >= 15 is 0 Å². The predicted molar refractivity (Wildman–Crippen MR) is 111 cm³/mol. The molecule has 2 heterocycles. The van der Waals surface area contributed by atoms with Gasteiger partial charge in [0.15, 0.2) is 0 Å². The number of piperidine rings is 1. The Morgan fingerprint density at radius 2 is 1.89 bits per heavy atom. The molecule has 1 aromatic heterocycles. The third-order valence-electron chi connectivity index (χ3n) is 4.89. The summed E-state index contributed by atoms with van der Waals surface area (Å²) in [6.07, 6.45) is 2.23. The van der Waals surface area contributed by atoms with Crippen molar-refractivity contribution in [3.8, 4) is 0 Å². The van der Waals surface area contributed by atoms with E-state index < -0.39 is 0 Å². The van der Waals surface area contributed by atoms with Gasteiger partial charge in [-0.15, -0.1) is 0 Å². The highest BCUT2D eigenvalue weighted by Crippen LogP contribution is 2.23. The van der Waals surface area contributed by atoms with E-state index in [-0.39, 0.29) is 23.6 Å². The normalized spacial score (nSPS) is 14.5. The van der Waals surface area contributed by atoms with Crippen molar-refractivity contribution in [3.05, 3.63) is 52.2 Å². The molecule has 1 aliphatic heterocycles. The molecule has 1 fully saturated rings. The van der Waals surface area contributed by atoms with E-state index in [9.17, 15) is 14.4 Å². The first-order valence-electron chi connectivity index (χ1n) is 9.59. The lowest BCUT2D eigenvalue weighted by molar-refractivity contribution is -0.126. The Balaban J connectivity index is 1.64. The van der Waals surface area contributed by atoms with Gasteiger partial charge in [0.25, 0.3) is 11.8 Å². The number of rotatable bonds is 6. The van der Waals surface area contributed by atoms with Gasteiger partial charge in [0.1, 0.15) is 0 Å². The van der Waals surface area contributed by atoms with Crippen molar-refractivity contribution in [3.63, 3.8) is 0 Å². The van der Waals surface area contributed by atoms with Crippen molar-refractivity contribution >= 4 is 34.7 Å². The van der Waals surface area contributed by atoms with E-state index in [1.165, 1.54) is 11.3 Å². The lowest BCUT2D eigenvalue weighted by atomic mass is 9.95. The van der Waals surface area contributed by atoms with Gasteiger partial charge >= 0.3 is 0 Å². The van der Waals surface area contributed by atoms with Crippen LogP contribution >= 0.6 is 11.3 Å². The summed E-state index contributed by atoms with van der Waals surface area (Å²) in [5.41, 5.74) is 1.55. The number of thiophene rings is 1. The SMILES string of the molecule is CCCNC(=O)C1CCN(C(=O)c2ccccc2NC(=O)c2ccsc2)CC1. The molecule has 28 heavy (non-hydrogen) atoms. The van der Waals surface area contributed by atoms with Crippen LogP contribution in [0.5, 0.6) is 0 Å². The summed E-state index contributed by atoms with van der Waals surface area (Å²) < 4.78 is 0. The van der Waals surface area contributed by atoms with Crippen molar-refractivity contribution in [2.75, 3.05) is 25.0 Å². The molecule has 0 radical (unpaired) electrons. The van der Waals surface area contributed by atoms with E-state index in [1.54, 1.807) is 40.6 Å². The minimum atomic E-state index is -0.229. The molecule has 2 N–H and O–H groups in total. The molecule has 0 bridgehead atoms. The Bertz CT molecular complexity index is 827. The fraction of sp³-hybridized carbons (Fsp3) is 0.381. The minimum Gasteiger partial charge on any atom is -0.356 e. The molecule has 7 heteroatoms. The fourth-order valence-corrected chi connectivity index (χ4v) is 3.91. The predicted octanol–water partition coefficient (Wildman–Crippen LogP) is 3.38. The van der Waals surface area contributed by atoms with Crippen molar-refractivity contribution in [1.82, 2.24) is 10.2 Å². The first-order valence-corrected chi connectivity index (χ1v) is 10.5. The summed E-state index contributed by atoms with van der Waals surface area (Å²) in [6.45, 7) is 3.79. The highest BCUT2D eigenvalue weighted by molar-refractivity contribution is 7.08. The Hall–Kier alpha value is -2.67. The molecule has 0 spiro atoms. The van der Waals surface area contributed by atoms with Crippen molar-refractivity contribution in [2.24, 2.45) is 5.92 Å². The Kier molecular flexibility index (Phi) is 6.81. The second kappa shape index (κ2) is 9.50. The Morgan fingerprint density at radius 1 is 1.14 bits per heavy atom. The molecule has 0 aliphatic carbocycles. The maximum atomic E-state index is 13.0. The molecule has 0 saturated carbocycles. The lowest BCUT2D eigenvalue weighted by Gasteiger charge is -2.31. The maximum Gasteiger partial charge on any atom is 0.256 e. The molecule has 3 amide bonds. The molecule has 2 aromatic rings. The van der Waals surface area contributed by atoms with Gasteiger partial charge in [-0.25, -0.2) is 0 Å². The number of anilines is 1. The molecular formula is C21H25N3O3S. The van der Waals surface area contributed by atoms with E-state index in [4.69, 9.17) is 0 Å². The highest BCUT2D eigenvalue weighted by Gasteiger charge is 2.28. The number of amides is 3. The number of carbonyl (C=O) groups is 3. The van der Waals surface area contributed by atoms with Gasteiger partial charge < -0.3 is 15.5 Å². The zero-order valence-electron chi connectivity index (χ0n) is 15.9. The molecule has 1 saturated heterocycles. The van der Waals surface area contributed by atoms with Crippen LogP contribution in [0.1, 0.15) is 46.9 Å². The Labute approximate surface area is 168 Å². The molecule has 6 nitrogen and oxygen atoms in total. The van der Waals surface area contributed by atoms with Crippen LogP contribution in [-0.2, 0) is 4.79 Å². The second-order valence-electron chi connectivity index (χ2n) is 6.87. The summed E-state index contributed by atoms with van der Waals surface area (Å²) in [7, 11) is 0. The Morgan fingerprint density at radius 3 is 2.57 bits per heavy atom. The quantitative estimate of drug-likeness (QED) is 0.782. The van der Waals surface area contributed by atoms with Crippen LogP contribution in [0.4, 0.5) is 5.69 Å². The standard InChI is InChI=1S/C21H25N3O3S/c1-2-10-22-19(25)15-7-11-24(12-8-15)21(27)17-5-3-4-6-18(17)23-20(26)16-9-13-28-14-16/h3-6,9,13-15H,2,7-8,10-12H2,1H3,(H,22,25)(H,23,26). The number of carbonyl (C=O) groups excluding carboxylic acids is 3. The van der Waals surface area contributed by atoms with Crippen LogP contribution in [0, 0.1) is 5.92 Å². The zero-order chi connectivity index (χ0) is 19.9. The molecule has 1 aromatic carbocycles. The number of para-hydroxylation sites is 1. The van der Waals surface area contributed by atoms with Crippen LogP contribution in [0.15, 0.2) is 41.1 Å². The average Bonchev–Trinajstić information content (AvgIpc) is 3.27. The van der Waals surface area contributed by atoms with Crippen molar-refractivity contribution in [1.29, 1.82) is 0 Å². The number of likely N-dealkylation sites (tertiary alicyclic amines) is 1. The van der Waals surface area contributed by atoms with Gasteiger partial charge in [-0.1, -0.05) is 19.1 Å². The van der Waals surface area contributed by atoms with Gasteiger partial charge in [-0.05, 0) is 42.8 Å². The number of hydrogen-bond donors (Lipinski definition) is 2. The fourth-order valence-electron chi connectivity index (χ4n) is 3.27. The molecule has 0 unspecified atom stereocenters. The van der Waals surface area contributed by atoms with Gasteiger partial charge in [0.05, 0.1) is 16.8 Å². The molecule has 0 atom stereocenters. The largest absolute Gasteiger partial charge is 0.356 e. The highest BCUT2D eigenvalue weighted by atomic mass is 32.1. The van der Waals surface area contributed by atoms with E-state index in [0.717, 1.165) is 6.42 Å². The summed E-state index contributed by atoms with van der Waals surface area (Å²) in [5, 5.41) is 9.38. The van der Waals surface area contributed by atoms with Gasteiger partial charge in [-0.3, -0.25) is 14.4 Å². The molecule has 1 aliphatic rings. The monoisotopic (exact) mass is 399 g/mol. The second-order valence-corrected chi connectivity index (χ2v) is 7.65. The average molecular weight is 400 g/mol. The van der Waals surface area contributed by atoms with Gasteiger partial charge in [0, 0.05) is 30.9 Å². The molecule has 3 rings (SSSR count). The van der Waals surface area contributed by atoms with Crippen LogP contribution < -0.4 is 10.6 Å². The van der Waals surface area contributed by atoms with E-state index in [0.29, 0.717) is 49.3 Å². The smallest absolute Gasteiger partial charge is 0.256 e. The number of hydrogen-bond acceptors (Lipinski definition) is 4. The van der Waals surface area contributed by atoms with Crippen molar-refractivity contribution < 1.29 is 14.4 Å². The van der Waals surface area contributed by atoms with Crippen LogP contribution in [0.2, 0.25) is 0 Å². The van der Waals surface area contributed by atoms with Gasteiger partial charge in [0.2, 0.25) is 5.91 Å². The topological polar surface area (TPSA) is 78.5 Å². The zero-order valence-corrected chi connectivity index (χ0v) is 16.8. The third-order valence-corrected chi connectivity index (χ3v) is 5.57. The number of nitrogens with one attached hydrogen (secondary N) is 2. The van der Waals surface area contributed by atoms with Crippen LogP contribution in [0.25, 0.3) is 0 Å². The summed E-state index contributed by atoms with van der Waals surface area (Å²) in [4.78, 5) is 39.3. The van der Waals surface area contributed by atoms with E-state index in [1.807, 2.05) is 12.3 Å². The minimum absolute atomic E-state index is 0.0378. The first kappa shape index (κ1) is 20.1.